The maximum atomic E-state index is 5.64. The van der Waals surface area contributed by atoms with E-state index in [4.69, 9.17) is 14.2 Å². The number of aliphatic imine (C=N–C) groups is 1. The van der Waals surface area contributed by atoms with Gasteiger partial charge in [0.05, 0.1) is 19.8 Å². The third kappa shape index (κ3) is 10.7. The summed E-state index contributed by atoms with van der Waals surface area (Å²) in [4.78, 5) is 6.71. The lowest BCUT2D eigenvalue weighted by Gasteiger charge is -2.21. The Kier molecular flexibility index (Phi) is 16.3. The second-order valence-electron chi connectivity index (χ2n) is 5.96. The summed E-state index contributed by atoms with van der Waals surface area (Å²) < 4.78 is 16.2. The summed E-state index contributed by atoms with van der Waals surface area (Å²) >= 11 is 0. The first kappa shape index (κ1) is 23.9. The molecule has 144 valence electrons. The van der Waals surface area contributed by atoms with E-state index in [-0.39, 0.29) is 24.0 Å². The molecule has 1 rings (SSSR count). The van der Waals surface area contributed by atoms with Gasteiger partial charge in [0.2, 0.25) is 0 Å². The Balaban J connectivity index is 0.00000529. The van der Waals surface area contributed by atoms with Gasteiger partial charge in [-0.15, -0.1) is 24.0 Å². The number of hydrogen-bond acceptors (Lipinski definition) is 4. The lowest BCUT2D eigenvalue weighted by Crippen LogP contribution is -2.40. The highest BCUT2D eigenvalue weighted by Crippen LogP contribution is 2.16. The molecular formula is C17H36IN3O3. The molecule has 0 aromatic carbocycles. The molecule has 0 radical (unpaired) electrons. The number of rotatable bonds is 12. The van der Waals surface area contributed by atoms with Crippen molar-refractivity contribution in [3.8, 4) is 0 Å². The van der Waals surface area contributed by atoms with Crippen molar-refractivity contribution in [2.24, 2.45) is 10.9 Å². The molecule has 0 aromatic heterocycles. The van der Waals surface area contributed by atoms with Crippen LogP contribution in [-0.2, 0) is 14.2 Å². The number of ether oxygens (including phenoxy) is 3. The van der Waals surface area contributed by atoms with E-state index in [1.807, 2.05) is 7.05 Å². The Labute approximate surface area is 164 Å². The van der Waals surface area contributed by atoms with Crippen molar-refractivity contribution in [1.29, 1.82) is 0 Å². The maximum absolute atomic E-state index is 5.64. The van der Waals surface area contributed by atoms with Gasteiger partial charge in [0.25, 0.3) is 0 Å². The van der Waals surface area contributed by atoms with Crippen LogP contribution in [0.15, 0.2) is 4.99 Å². The molecule has 1 fully saturated rings. The molecule has 1 atom stereocenters. The molecular weight excluding hydrogens is 421 g/mol. The maximum Gasteiger partial charge on any atom is 0.193 e. The third-order valence-corrected chi connectivity index (χ3v) is 3.97. The van der Waals surface area contributed by atoms with Gasteiger partial charge in [0.15, 0.2) is 5.96 Å². The Hall–Kier alpha value is -0.120. The first-order valence-electron chi connectivity index (χ1n) is 8.91. The third-order valence-electron chi connectivity index (χ3n) is 3.97. The van der Waals surface area contributed by atoms with Crippen molar-refractivity contribution in [2.45, 2.75) is 32.6 Å². The molecule has 24 heavy (non-hydrogen) atoms. The summed E-state index contributed by atoms with van der Waals surface area (Å²) in [6, 6.07) is 0. The first-order chi connectivity index (χ1) is 11.3. The molecule has 0 spiro atoms. The number of hydrogen-bond donors (Lipinski definition) is 1. The van der Waals surface area contributed by atoms with E-state index in [2.05, 4.69) is 22.1 Å². The van der Waals surface area contributed by atoms with Crippen molar-refractivity contribution in [2.75, 3.05) is 66.8 Å². The zero-order chi connectivity index (χ0) is 16.8. The highest BCUT2D eigenvalue weighted by atomic mass is 127. The van der Waals surface area contributed by atoms with Crippen molar-refractivity contribution < 1.29 is 14.2 Å². The molecule has 0 saturated carbocycles. The van der Waals surface area contributed by atoms with E-state index < -0.39 is 0 Å². The molecule has 0 aromatic rings. The van der Waals surface area contributed by atoms with E-state index in [0.29, 0.717) is 19.1 Å². The highest BCUT2D eigenvalue weighted by molar-refractivity contribution is 14.0. The molecule has 0 aliphatic carbocycles. The fourth-order valence-corrected chi connectivity index (χ4v) is 2.61. The van der Waals surface area contributed by atoms with Crippen LogP contribution in [0.3, 0.4) is 0 Å². The van der Waals surface area contributed by atoms with Crippen LogP contribution < -0.4 is 5.32 Å². The van der Waals surface area contributed by atoms with Crippen LogP contribution in [0, 0.1) is 5.92 Å². The lowest BCUT2D eigenvalue weighted by atomic mass is 10.1. The molecule has 1 heterocycles. The van der Waals surface area contributed by atoms with Gasteiger partial charge in [0.1, 0.15) is 0 Å². The molecule has 0 bridgehead atoms. The smallest absolute Gasteiger partial charge is 0.193 e. The number of nitrogens with zero attached hydrogens (tertiary/aromatic N) is 2. The molecule has 1 unspecified atom stereocenters. The minimum absolute atomic E-state index is 0. The summed E-state index contributed by atoms with van der Waals surface area (Å²) in [6.07, 6.45) is 4.51. The van der Waals surface area contributed by atoms with Crippen LogP contribution in [0.2, 0.25) is 0 Å². The normalized spacial score (nSPS) is 17.9. The quantitative estimate of drug-likeness (QED) is 0.211. The van der Waals surface area contributed by atoms with Crippen molar-refractivity contribution in [1.82, 2.24) is 10.2 Å². The summed E-state index contributed by atoms with van der Waals surface area (Å²) in [5.41, 5.74) is 0. The number of methoxy groups -OCH3 is 1. The number of unbranched alkanes of at least 4 members (excludes halogenated alkanes) is 1. The Morgan fingerprint density at radius 2 is 1.96 bits per heavy atom. The average molecular weight is 457 g/mol. The average Bonchev–Trinajstić information content (AvgIpc) is 3.03. The molecule has 1 aliphatic heterocycles. The van der Waals surface area contributed by atoms with Crippen LogP contribution in [-0.4, -0.2) is 77.7 Å². The van der Waals surface area contributed by atoms with Gasteiger partial charge in [-0.3, -0.25) is 4.99 Å². The second kappa shape index (κ2) is 16.4. The van der Waals surface area contributed by atoms with Crippen molar-refractivity contribution in [3.63, 3.8) is 0 Å². The van der Waals surface area contributed by atoms with E-state index >= 15 is 0 Å². The predicted octanol–water partition coefficient (Wildman–Crippen LogP) is 2.37. The van der Waals surface area contributed by atoms with Crippen molar-refractivity contribution >= 4 is 29.9 Å². The Bertz CT molecular complexity index is 319. The predicted molar refractivity (Wildman–Crippen MR) is 109 cm³/mol. The van der Waals surface area contributed by atoms with Gasteiger partial charge < -0.3 is 24.4 Å². The summed E-state index contributed by atoms with van der Waals surface area (Å²) in [6.45, 7) is 9.00. The van der Waals surface area contributed by atoms with E-state index in [1.165, 1.54) is 6.42 Å². The Morgan fingerprint density at radius 3 is 2.67 bits per heavy atom. The fourth-order valence-electron chi connectivity index (χ4n) is 2.61. The van der Waals surface area contributed by atoms with Gasteiger partial charge in [-0.2, -0.15) is 0 Å². The minimum atomic E-state index is 0. The minimum Gasteiger partial charge on any atom is -0.382 e. The standard InChI is InChI=1S/C17H35N3O3.HI/c1-4-5-10-22-11-6-8-19-17(18-2)20-9-7-16(14-20)15-23-13-12-21-3;/h16H,4-15H2,1-3H3,(H,18,19);1H. The summed E-state index contributed by atoms with van der Waals surface area (Å²) in [5.74, 6) is 1.58. The highest BCUT2D eigenvalue weighted by Gasteiger charge is 2.24. The van der Waals surface area contributed by atoms with Crippen LogP contribution in [0.5, 0.6) is 0 Å². The second-order valence-corrected chi connectivity index (χ2v) is 5.96. The number of guanidine groups is 1. The number of likely N-dealkylation sites (tertiary alicyclic amines) is 1. The Morgan fingerprint density at radius 1 is 1.17 bits per heavy atom. The van der Waals surface area contributed by atoms with E-state index in [1.54, 1.807) is 7.11 Å². The molecule has 1 aliphatic rings. The van der Waals surface area contributed by atoms with Crippen molar-refractivity contribution in [3.05, 3.63) is 0 Å². The number of halogens is 1. The van der Waals surface area contributed by atoms with Gasteiger partial charge >= 0.3 is 0 Å². The topological polar surface area (TPSA) is 55.3 Å². The molecule has 0 amide bonds. The fraction of sp³-hybridized carbons (Fsp3) is 0.941. The van der Waals surface area contributed by atoms with E-state index in [0.717, 1.165) is 64.7 Å². The zero-order valence-electron chi connectivity index (χ0n) is 15.6. The van der Waals surface area contributed by atoms with Gasteiger partial charge in [-0.05, 0) is 19.3 Å². The van der Waals surface area contributed by atoms with Crippen LogP contribution >= 0.6 is 24.0 Å². The molecule has 7 heteroatoms. The molecule has 1 N–H and O–H groups in total. The molecule has 6 nitrogen and oxygen atoms in total. The van der Waals surface area contributed by atoms with Crippen LogP contribution in [0.25, 0.3) is 0 Å². The SMILES string of the molecule is CCCCOCCCNC(=NC)N1CCC(COCCOC)C1.I. The monoisotopic (exact) mass is 457 g/mol. The zero-order valence-corrected chi connectivity index (χ0v) is 17.9. The van der Waals surface area contributed by atoms with Crippen LogP contribution in [0.1, 0.15) is 32.6 Å². The first-order valence-corrected chi connectivity index (χ1v) is 8.91. The molecule has 1 saturated heterocycles. The van der Waals surface area contributed by atoms with Gasteiger partial charge in [-0.25, -0.2) is 0 Å². The largest absolute Gasteiger partial charge is 0.382 e. The summed E-state index contributed by atoms with van der Waals surface area (Å²) in [7, 11) is 3.55. The van der Waals surface area contributed by atoms with Gasteiger partial charge in [-0.1, -0.05) is 13.3 Å². The van der Waals surface area contributed by atoms with Crippen LogP contribution in [0.4, 0.5) is 0 Å². The number of nitrogens with one attached hydrogen (secondary N) is 1. The summed E-state index contributed by atoms with van der Waals surface area (Å²) in [5, 5.41) is 3.43. The van der Waals surface area contributed by atoms with E-state index in [9.17, 15) is 0 Å². The lowest BCUT2D eigenvalue weighted by molar-refractivity contribution is 0.0536. The van der Waals surface area contributed by atoms with Gasteiger partial charge in [0, 0.05) is 52.9 Å².